The zero-order valence-corrected chi connectivity index (χ0v) is 15.7. The molecule has 0 radical (unpaired) electrons. The summed E-state index contributed by atoms with van der Waals surface area (Å²) in [6.07, 6.45) is 8.30. The molecule has 0 atom stereocenters. The number of anilines is 1. The van der Waals surface area contributed by atoms with Crippen molar-refractivity contribution < 1.29 is 8.42 Å². The van der Waals surface area contributed by atoms with Crippen LogP contribution in [0.5, 0.6) is 0 Å². The molecule has 0 unspecified atom stereocenters. The fraction of sp³-hybridized carbons (Fsp3) is 0.455. The number of hydrogen-bond donors (Lipinski definition) is 1. The van der Waals surface area contributed by atoms with Gasteiger partial charge in [-0.2, -0.15) is 0 Å². The SMILES string of the molecule is O=S(=O)(Nc1ccc(C23CC4CC(CC(C4)C2)C3)cc1)c1ccccc1. The Balaban J connectivity index is 1.38. The normalized spacial score (nSPS) is 32.5. The maximum absolute atomic E-state index is 12.5. The summed E-state index contributed by atoms with van der Waals surface area (Å²) in [5.41, 5.74) is 2.41. The highest BCUT2D eigenvalue weighted by atomic mass is 32.2. The average molecular weight is 368 g/mol. The minimum atomic E-state index is -3.52. The Bertz CT molecular complexity index is 868. The largest absolute Gasteiger partial charge is 0.280 e. The second kappa shape index (κ2) is 5.85. The minimum Gasteiger partial charge on any atom is -0.280 e. The second-order valence-electron chi connectivity index (χ2n) is 8.69. The fourth-order valence-corrected chi connectivity index (χ4v) is 7.25. The van der Waals surface area contributed by atoms with Crippen molar-refractivity contribution in [2.24, 2.45) is 17.8 Å². The van der Waals surface area contributed by atoms with E-state index < -0.39 is 10.0 Å². The van der Waals surface area contributed by atoms with Crippen LogP contribution in [0.4, 0.5) is 5.69 Å². The third-order valence-corrected chi connectivity index (χ3v) is 8.24. The topological polar surface area (TPSA) is 46.2 Å². The van der Waals surface area contributed by atoms with Crippen LogP contribution in [0.3, 0.4) is 0 Å². The lowest BCUT2D eigenvalue weighted by molar-refractivity contribution is -0.00518. The Morgan fingerprint density at radius 3 is 1.85 bits per heavy atom. The quantitative estimate of drug-likeness (QED) is 0.830. The molecule has 0 aromatic heterocycles. The number of rotatable bonds is 4. The lowest BCUT2D eigenvalue weighted by atomic mass is 9.48. The van der Waals surface area contributed by atoms with Gasteiger partial charge in [0.1, 0.15) is 0 Å². The second-order valence-corrected chi connectivity index (χ2v) is 10.4. The maximum Gasteiger partial charge on any atom is 0.261 e. The highest BCUT2D eigenvalue weighted by molar-refractivity contribution is 7.92. The van der Waals surface area contributed by atoms with E-state index in [0.29, 0.717) is 16.0 Å². The van der Waals surface area contributed by atoms with Crippen LogP contribution >= 0.6 is 0 Å². The van der Waals surface area contributed by atoms with Gasteiger partial charge in [-0.1, -0.05) is 30.3 Å². The first-order chi connectivity index (χ1) is 12.5. The van der Waals surface area contributed by atoms with Crippen LogP contribution in [0.25, 0.3) is 0 Å². The molecule has 4 bridgehead atoms. The zero-order valence-electron chi connectivity index (χ0n) is 14.9. The number of nitrogens with one attached hydrogen (secondary N) is 1. The molecule has 0 heterocycles. The van der Waals surface area contributed by atoms with Gasteiger partial charge in [-0.3, -0.25) is 4.72 Å². The molecule has 1 N–H and O–H groups in total. The van der Waals surface area contributed by atoms with Crippen LogP contribution in [0.2, 0.25) is 0 Å². The van der Waals surface area contributed by atoms with Gasteiger partial charge in [0.2, 0.25) is 0 Å². The molecule has 0 saturated heterocycles. The first kappa shape index (κ1) is 16.4. The van der Waals surface area contributed by atoms with Gasteiger partial charge < -0.3 is 0 Å². The van der Waals surface area contributed by atoms with Gasteiger partial charge in [-0.15, -0.1) is 0 Å². The molecule has 4 fully saturated rings. The summed E-state index contributed by atoms with van der Waals surface area (Å²) >= 11 is 0. The molecule has 26 heavy (non-hydrogen) atoms. The Morgan fingerprint density at radius 2 is 1.31 bits per heavy atom. The van der Waals surface area contributed by atoms with Crippen LogP contribution in [-0.4, -0.2) is 8.42 Å². The fourth-order valence-electron chi connectivity index (χ4n) is 6.17. The Labute approximate surface area is 155 Å². The highest BCUT2D eigenvalue weighted by Crippen LogP contribution is 2.60. The molecule has 0 aliphatic heterocycles. The van der Waals surface area contributed by atoms with Gasteiger partial charge in [-0.05, 0) is 91.5 Å². The van der Waals surface area contributed by atoms with E-state index in [1.807, 2.05) is 18.2 Å². The lowest BCUT2D eigenvalue weighted by Gasteiger charge is -2.57. The van der Waals surface area contributed by atoms with Gasteiger partial charge in [0, 0.05) is 5.69 Å². The van der Waals surface area contributed by atoms with Gasteiger partial charge in [0.15, 0.2) is 0 Å². The van der Waals surface area contributed by atoms with E-state index in [0.717, 1.165) is 17.8 Å². The van der Waals surface area contributed by atoms with E-state index in [1.165, 1.54) is 44.1 Å². The lowest BCUT2D eigenvalue weighted by Crippen LogP contribution is -2.48. The monoisotopic (exact) mass is 367 g/mol. The molecule has 3 nitrogen and oxygen atoms in total. The van der Waals surface area contributed by atoms with Crippen molar-refractivity contribution in [2.75, 3.05) is 4.72 Å². The van der Waals surface area contributed by atoms with Crippen molar-refractivity contribution in [1.82, 2.24) is 0 Å². The standard InChI is InChI=1S/C22H25NO2S/c24-26(25,21-4-2-1-3-5-21)23-20-8-6-19(7-9-20)22-13-16-10-17(14-22)12-18(11-16)15-22/h1-9,16-18,23H,10-15H2. The molecule has 4 saturated carbocycles. The summed E-state index contributed by atoms with van der Waals surface area (Å²) in [7, 11) is -3.52. The molecule has 4 heteroatoms. The molecular weight excluding hydrogens is 342 g/mol. The third kappa shape index (κ3) is 2.75. The van der Waals surface area contributed by atoms with E-state index in [9.17, 15) is 8.42 Å². The smallest absolute Gasteiger partial charge is 0.261 e. The highest BCUT2D eigenvalue weighted by Gasteiger charge is 2.51. The third-order valence-electron chi connectivity index (χ3n) is 6.84. The van der Waals surface area contributed by atoms with Crippen molar-refractivity contribution in [1.29, 1.82) is 0 Å². The summed E-state index contributed by atoms with van der Waals surface area (Å²) < 4.78 is 27.7. The van der Waals surface area contributed by atoms with Crippen LogP contribution in [0.15, 0.2) is 59.5 Å². The van der Waals surface area contributed by atoms with Crippen molar-refractivity contribution in [3.05, 3.63) is 60.2 Å². The number of sulfonamides is 1. The summed E-state index contributed by atoms with van der Waals surface area (Å²) in [4.78, 5) is 0.296. The van der Waals surface area contributed by atoms with E-state index >= 15 is 0 Å². The Kier molecular flexibility index (Phi) is 3.68. The average Bonchev–Trinajstić information content (AvgIpc) is 2.61. The predicted octanol–water partition coefficient (Wildman–Crippen LogP) is 4.96. The van der Waals surface area contributed by atoms with Crippen LogP contribution in [0.1, 0.15) is 44.1 Å². The van der Waals surface area contributed by atoms with E-state index in [1.54, 1.807) is 24.3 Å². The zero-order chi connectivity index (χ0) is 17.8. The summed E-state index contributed by atoms with van der Waals surface area (Å²) in [6.45, 7) is 0. The first-order valence-electron chi connectivity index (χ1n) is 9.71. The summed E-state index contributed by atoms with van der Waals surface area (Å²) in [5, 5.41) is 0. The molecule has 2 aromatic rings. The summed E-state index contributed by atoms with van der Waals surface area (Å²) in [6, 6.07) is 16.7. The number of hydrogen-bond acceptors (Lipinski definition) is 2. The molecule has 4 aliphatic carbocycles. The van der Waals surface area contributed by atoms with Crippen LogP contribution in [0, 0.1) is 17.8 Å². The molecule has 2 aromatic carbocycles. The molecule has 0 amide bonds. The molecule has 4 aliphatic rings. The summed E-state index contributed by atoms with van der Waals surface area (Å²) in [5.74, 6) is 2.74. The Hall–Kier alpha value is -1.81. The van der Waals surface area contributed by atoms with Crippen molar-refractivity contribution in [2.45, 2.75) is 48.8 Å². The van der Waals surface area contributed by atoms with Crippen molar-refractivity contribution in [3.63, 3.8) is 0 Å². The van der Waals surface area contributed by atoms with E-state index in [4.69, 9.17) is 0 Å². The van der Waals surface area contributed by atoms with E-state index in [-0.39, 0.29) is 0 Å². The molecule has 6 rings (SSSR count). The first-order valence-corrected chi connectivity index (χ1v) is 11.2. The van der Waals surface area contributed by atoms with E-state index in [2.05, 4.69) is 16.9 Å². The predicted molar refractivity (Wildman–Crippen MR) is 104 cm³/mol. The van der Waals surface area contributed by atoms with Crippen LogP contribution in [-0.2, 0) is 15.4 Å². The van der Waals surface area contributed by atoms with Crippen molar-refractivity contribution in [3.8, 4) is 0 Å². The molecular formula is C22H25NO2S. The van der Waals surface area contributed by atoms with Crippen molar-refractivity contribution >= 4 is 15.7 Å². The maximum atomic E-state index is 12.5. The number of benzene rings is 2. The molecule has 0 spiro atoms. The minimum absolute atomic E-state index is 0.296. The Morgan fingerprint density at radius 1 is 0.769 bits per heavy atom. The van der Waals surface area contributed by atoms with Gasteiger partial charge in [0.25, 0.3) is 10.0 Å². The van der Waals surface area contributed by atoms with Crippen LogP contribution < -0.4 is 4.72 Å². The molecule has 136 valence electrons. The van der Waals surface area contributed by atoms with Gasteiger partial charge in [-0.25, -0.2) is 8.42 Å². The van der Waals surface area contributed by atoms with Gasteiger partial charge in [0.05, 0.1) is 4.90 Å². The van der Waals surface area contributed by atoms with Gasteiger partial charge >= 0.3 is 0 Å².